The summed E-state index contributed by atoms with van der Waals surface area (Å²) in [7, 11) is 0. The third kappa shape index (κ3) is 3.14. The van der Waals surface area contributed by atoms with E-state index in [2.05, 4.69) is 24.1 Å². The molecule has 1 unspecified atom stereocenters. The first-order chi connectivity index (χ1) is 7.57. The van der Waals surface area contributed by atoms with Crippen molar-refractivity contribution in [2.75, 3.05) is 25.4 Å². The van der Waals surface area contributed by atoms with Crippen LogP contribution in [0.1, 0.15) is 33.1 Å². The molecule has 1 amide bonds. The van der Waals surface area contributed by atoms with Crippen LogP contribution in [0.4, 0.5) is 0 Å². The molecule has 0 bridgehead atoms. The molecule has 2 saturated heterocycles. The van der Waals surface area contributed by atoms with Crippen LogP contribution in [0.3, 0.4) is 0 Å². The zero-order valence-electron chi connectivity index (χ0n) is 10.3. The summed E-state index contributed by atoms with van der Waals surface area (Å²) in [5.41, 5.74) is 0. The van der Waals surface area contributed by atoms with Gasteiger partial charge >= 0.3 is 0 Å². The van der Waals surface area contributed by atoms with Crippen LogP contribution in [0, 0.1) is 0 Å². The van der Waals surface area contributed by atoms with Gasteiger partial charge in [-0.1, -0.05) is 0 Å². The Morgan fingerprint density at radius 3 is 3.00 bits per heavy atom. The molecule has 2 aliphatic heterocycles. The zero-order valence-corrected chi connectivity index (χ0v) is 11.1. The lowest BCUT2D eigenvalue weighted by atomic mass is 10.1. The Kier molecular flexibility index (Phi) is 3.80. The number of nitrogens with zero attached hydrogens (tertiary/aromatic N) is 1. The number of rotatable bonds is 2. The average molecular weight is 242 g/mol. The Morgan fingerprint density at radius 1 is 1.56 bits per heavy atom. The maximum Gasteiger partial charge on any atom is 0.224 e. The second kappa shape index (κ2) is 4.96. The molecule has 2 fully saturated rings. The van der Waals surface area contributed by atoms with Crippen molar-refractivity contribution >= 4 is 17.7 Å². The first-order valence-electron chi connectivity index (χ1n) is 6.22. The summed E-state index contributed by atoms with van der Waals surface area (Å²) < 4.78 is 0.233. The molecule has 3 nitrogen and oxygen atoms in total. The summed E-state index contributed by atoms with van der Waals surface area (Å²) in [6, 6.07) is 0.435. The van der Waals surface area contributed by atoms with Crippen LogP contribution in [-0.4, -0.2) is 47.0 Å². The number of carbonyl (C=O) groups excluding carboxylic acids is 1. The van der Waals surface area contributed by atoms with E-state index >= 15 is 0 Å². The van der Waals surface area contributed by atoms with Gasteiger partial charge in [-0.15, -0.1) is 0 Å². The highest BCUT2D eigenvalue weighted by Gasteiger charge is 2.30. The van der Waals surface area contributed by atoms with Crippen LogP contribution < -0.4 is 5.32 Å². The van der Waals surface area contributed by atoms with Gasteiger partial charge in [0.1, 0.15) is 0 Å². The fourth-order valence-electron chi connectivity index (χ4n) is 2.50. The number of hydrogen-bond acceptors (Lipinski definition) is 3. The molecular formula is C12H22N2OS. The number of nitrogens with one attached hydrogen (secondary N) is 1. The van der Waals surface area contributed by atoms with Crippen LogP contribution in [0.5, 0.6) is 0 Å². The lowest BCUT2D eigenvalue weighted by Gasteiger charge is -2.38. The standard InChI is InChI=1S/C12H22N2OS/c1-12(2)9-14(6-7-16-12)11(15)8-10-4-3-5-13-10/h10,13H,3-9H2,1-2H3. The average Bonchev–Trinajstić information content (AvgIpc) is 2.69. The molecule has 2 heterocycles. The number of amides is 1. The van der Waals surface area contributed by atoms with E-state index in [0.717, 1.165) is 31.8 Å². The summed E-state index contributed by atoms with van der Waals surface area (Å²) in [5.74, 6) is 1.42. The van der Waals surface area contributed by atoms with Crippen molar-refractivity contribution in [3.05, 3.63) is 0 Å². The highest BCUT2D eigenvalue weighted by molar-refractivity contribution is 8.00. The molecule has 0 aromatic heterocycles. The van der Waals surface area contributed by atoms with Crippen molar-refractivity contribution in [2.45, 2.75) is 43.9 Å². The van der Waals surface area contributed by atoms with Crippen LogP contribution in [-0.2, 0) is 4.79 Å². The van der Waals surface area contributed by atoms with E-state index < -0.39 is 0 Å². The van der Waals surface area contributed by atoms with E-state index in [4.69, 9.17) is 0 Å². The quantitative estimate of drug-likeness (QED) is 0.796. The Hall–Kier alpha value is -0.220. The van der Waals surface area contributed by atoms with Crippen molar-refractivity contribution in [3.63, 3.8) is 0 Å². The molecule has 2 aliphatic rings. The van der Waals surface area contributed by atoms with Gasteiger partial charge in [-0.2, -0.15) is 11.8 Å². The minimum Gasteiger partial charge on any atom is -0.340 e. The van der Waals surface area contributed by atoms with Gasteiger partial charge in [-0.05, 0) is 33.2 Å². The normalized spacial score (nSPS) is 29.4. The molecule has 4 heteroatoms. The van der Waals surface area contributed by atoms with Crippen LogP contribution >= 0.6 is 11.8 Å². The maximum atomic E-state index is 12.1. The van der Waals surface area contributed by atoms with Gasteiger partial charge in [-0.25, -0.2) is 0 Å². The molecule has 0 saturated carbocycles. The van der Waals surface area contributed by atoms with Crippen LogP contribution in [0.2, 0.25) is 0 Å². The first-order valence-corrected chi connectivity index (χ1v) is 7.20. The highest BCUT2D eigenvalue weighted by Crippen LogP contribution is 2.29. The van der Waals surface area contributed by atoms with Crippen LogP contribution in [0.25, 0.3) is 0 Å². The molecule has 1 atom stereocenters. The fourth-order valence-corrected chi connectivity index (χ4v) is 3.61. The van der Waals surface area contributed by atoms with Crippen LogP contribution in [0.15, 0.2) is 0 Å². The van der Waals surface area contributed by atoms with Gasteiger partial charge in [0.05, 0.1) is 0 Å². The van der Waals surface area contributed by atoms with Gasteiger partial charge in [0.25, 0.3) is 0 Å². The fraction of sp³-hybridized carbons (Fsp3) is 0.917. The number of carbonyl (C=O) groups is 1. The third-order valence-corrected chi connectivity index (χ3v) is 4.66. The predicted octanol–water partition coefficient (Wildman–Crippen LogP) is 1.48. The Bertz CT molecular complexity index is 262. The number of hydrogen-bond donors (Lipinski definition) is 1. The minimum atomic E-state index is 0.233. The van der Waals surface area contributed by atoms with E-state index in [9.17, 15) is 4.79 Å². The lowest BCUT2D eigenvalue weighted by Crippen LogP contribution is -2.47. The van der Waals surface area contributed by atoms with Gasteiger partial charge in [-0.3, -0.25) is 4.79 Å². The van der Waals surface area contributed by atoms with Crippen molar-refractivity contribution in [1.82, 2.24) is 10.2 Å². The summed E-state index contributed by atoms with van der Waals surface area (Å²) in [5, 5.41) is 3.39. The molecule has 92 valence electrons. The smallest absolute Gasteiger partial charge is 0.224 e. The van der Waals surface area contributed by atoms with E-state index in [0.29, 0.717) is 18.4 Å². The number of thioether (sulfide) groups is 1. The van der Waals surface area contributed by atoms with Gasteiger partial charge in [0, 0.05) is 36.1 Å². The molecule has 1 N–H and O–H groups in total. The van der Waals surface area contributed by atoms with E-state index in [1.807, 2.05) is 11.8 Å². The summed E-state index contributed by atoms with van der Waals surface area (Å²) in [4.78, 5) is 14.2. The third-order valence-electron chi connectivity index (χ3n) is 3.36. The van der Waals surface area contributed by atoms with Gasteiger partial charge < -0.3 is 10.2 Å². The van der Waals surface area contributed by atoms with Crippen molar-refractivity contribution in [1.29, 1.82) is 0 Å². The molecule has 0 spiro atoms. The van der Waals surface area contributed by atoms with Crippen molar-refractivity contribution in [2.24, 2.45) is 0 Å². The van der Waals surface area contributed by atoms with Crippen molar-refractivity contribution < 1.29 is 4.79 Å². The Morgan fingerprint density at radius 2 is 2.38 bits per heavy atom. The van der Waals surface area contributed by atoms with Gasteiger partial charge in [0.2, 0.25) is 5.91 Å². The van der Waals surface area contributed by atoms with Crippen molar-refractivity contribution in [3.8, 4) is 0 Å². The summed E-state index contributed by atoms with van der Waals surface area (Å²) in [6.07, 6.45) is 3.08. The zero-order chi connectivity index (χ0) is 11.6. The maximum absolute atomic E-state index is 12.1. The summed E-state index contributed by atoms with van der Waals surface area (Å²) >= 11 is 1.97. The molecule has 0 aromatic rings. The van der Waals surface area contributed by atoms with E-state index in [-0.39, 0.29) is 4.75 Å². The second-order valence-electron chi connectivity index (χ2n) is 5.42. The lowest BCUT2D eigenvalue weighted by molar-refractivity contribution is -0.131. The topological polar surface area (TPSA) is 32.3 Å². The minimum absolute atomic E-state index is 0.233. The van der Waals surface area contributed by atoms with E-state index in [1.54, 1.807) is 0 Å². The monoisotopic (exact) mass is 242 g/mol. The molecule has 0 aromatic carbocycles. The Balaban J connectivity index is 1.84. The molecule has 0 aliphatic carbocycles. The summed E-state index contributed by atoms with van der Waals surface area (Å²) in [6.45, 7) is 7.37. The second-order valence-corrected chi connectivity index (χ2v) is 7.22. The Labute approximate surface area is 102 Å². The largest absolute Gasteiger partial charge is 0.340 e. The molecule has 0 radical (unpaired) electrons. The van der Waals surface area contributed by atoms with Gasteiger partial charge in [0.15, 0.2) is 0 Å². The predicted molar refractivity (Wildman–Crippen MR) is 68.8 cm³/mol. The first kappa shape index (κ1) is 12.2. The highest BCUT2D eigenvalue weighted by atomic mass is 32.2. The molecule has 2 rings (SSSR count). The molecule has 16 heavy (non-hydrogen) atoms. The van der Waals surface area contributed by atoms with E-state index in [1.165, 1.54) is 6.42 Å². The SMILES string of the molecule is CC1(C)CN(C(=O)CC2CCCN2)CCS1. The molecular weight excluding hydrogens is 220 g/mol.